The van der Waals surface area contributed by atoms with Gasteiger partial charge in [-0.3, -0.25) is 9.36 Å². The van der Waals surface area contributed by atoms with Crippen LogP contribution >= 0.6 is 0 Å². The smallest absolute Gasteiger partial charge is 0.346 e. The molecule has 1 aromatic heterocycles. The van der Waals surface area contributed by atoms with E-state index >= 15 is 0 Å². The Morgan fingerprint density at radius 1 is 1.28 bits per heavy atom. The number of hydrogen-bond acceptors (Lipinski definition) is 6. The molecule has 2 aromatic rings. The second-order valence-electron chi connectivity index (χ2n) is 6.22. The lowest BCUT2D eigenvalue weighted by Gasteiger charge is -2.37. The molecule has 1 aliphatic rings. The van der Waals surface area contributed by atoms with Crippen molar-refractivity contribution in [2.24, 2.45) is 14.1 Å². The fourth-order valence-electron chi connectivity index (χ4n) is 3.09. The van der Waals surface area contributed by atoms with E-state index < -0.39 is 11.2 Å². The van der Waals surface area contributed by atoms with E-state index in [2.05, 4.69) is 16.9 Å². The maximum Gasteiger partial charge on any atom is 0.346 e. The molecule has 0 saturated carbocycles. The van der Waals surface area contributed by atoms with E-state index in [9.17, 15) is 9.59 Å². The van der Waals surface area contributed by atoms with Crippen LogP contribution in [-0.4, -0.2) is 47.1 Å². The fourth-order valence-corrected chi connectivity index (χ4v) is 3.09. The Balaban J connectivity index is 1.84. The van der Waals surface area contributed by atoms with Gasteiger partial charge in [0.2, 0.25) is 5.82 Å². The second-order valence-corrected chi connectivity index (χ2v) is 6.22. The van der Waals surface area contributed by atoms with E-state index in [1.165, 1.54) is 18.8 Å². The normalized spacial score (nSPS) is 16.3. The third-order valence-corrected chi connectivity index (χ3v) is 4.45. The Labute approximate surface area is 145 Å². The van der Waals surface area contributed by atoms with Crippen molar-refractivity contribution in [3.63, 3.8) is 0 Å². The predicted octanol–water partition coefficient (Wildman–Crippen LogP) is 0.203. The summed E-state index contributed by atoms with van der Waals surface area (Å²) in [5.74, 6) is 1.07. The first-order valence-corrected chi connectivity index (χ1v) is 8.28. The van der Waals surface area contributed by atoms with E-state index in [0.29, 0.717) is 6.54 Å². The lowest BCUT2D eigenvalue weighted by molar-refractivity contribution is 0.199. The minimum Gasteiger partial charge on any atom is -0.485 e. The zero-order chi connectivity index (χ0) is 18.1. The molecule has 0 saturated heterocycles. The Bertz CT molecular complexity index is 889. The van der Waals surface area contributed by atoms with Crippen molar-refractivity contribution < 1.29 is 4.74 Å². The summed E-state index contributed by atoms with van der Waals surface area (Å²) < 4.78 is 8.32. The van der Waals surface area contributed by atoms with Gasteiger partial charge in [0.15, 0.2) is 0 Å². The van der Waals surface area contributed by atoms with E-state index in [-0.39, 0.29) is 11.9 Å². The third-order valence-electron chi connectivity index (χ3n) is 4.45. The number of ether oxygens (including phenoxy) is 1. The number of fused-ring (bicyclic) bond motifs is 1. The fraction of sp³-hybridized carbons (Fsp3) is 0.471. The maximum absolute atomic E-state index is 12.3. The Morgan fingerprint density at radius 3 is 2.72 bits per heavy atom. The van der Waals surface area contributed by atoms with Crippen molar-refractivity contribution >= 4 is 11.5 Å². The van der Waals surface area contributed by atoms with Gasteiger partial charge in [-0.15, -0.1) is 5.10 Å². The summed E-state index contributed by atoms with van der Waals surface area (Å²) in [6, 6.07) is 7.94. The molecule has 0 bridgehead atoms. The molecule has 0 fully saturated rings. The standard InChI is InChI=1S/C17H23N5O3/c1-5-22-11-12(25-14-9-7-6-8-13(14)22)10-19(2)15-16(23)20(3)17(24)21(4)18-15/h6-9,12H,5,10-11H2,1-4H3/t12-/m0/s1. The quantitative estimate of drug-likeness (QED) is 0.788. The number of nitrogens with zero attached hydrogens (tertiary/aromatic N) is 5. The van der Waals surface area contributed by atoms with Crippen LogP contribution in [-0.2, 0) is 14.1 Å². The molecule has 134 valence electrons. The van der Waals surface area contributed by atoms with Gasteiger partial charge in [-0.05, 0) is 19.1 Å². The van der Waals surface area contributed by atoms with Gasteiger partial charge in [-0.2, -0.15) is 0 Å². The van der Waals surface area contributed by atoms with Gasteiger partial charge in [0, 0.05) is 27.7 Å². The van der Waals surface area contributed by atoms with Crippen LogP contribution in [0.25, 0.3) is 0 Å². The van der Waals surface area contributed by atoms with Crippen LogP contribution < -0.4 is 25.8 Å². The zero-order valence-electron chi connectivity index (χ0n) is 15.0. The number of para-hydroxylation sites is 2. The van der Waals surface area contributed by atoms with Gasteiger partial charge in [0.25, 0.3) is 5.56 Å². The lowest BCUT2D eigenvalue weighted by Crippen LogP contribution is -2.48. The summed E-state index contributed by atoms with van der Waals surface area (Å²) in [7, 11) is 4.77. The molecule has 25 heavy (non-hydrogen) atoms. The van der Waals surface area contributed by atoms with Crippen LogP contribution in [0.1, 0.15) is 6.92 Å². The molecule has 0 radical (unpaired) electrons. The highest BCUT2D eigenvalue weighted by Gasteiger charge is 2.26. The molecule has 8 heteroatoms. The topological polar surface area (TPSA) is 72.6 Å². The van der Waals surface area contributed by atoms with Gasteiger partial charge >= 0.3 is 5.69 Å². The number of hydrogen-bond donors (Lipinski definition) is 0. The second kappa shape index (κ2) is 6.62. The average Bonchev–Trinajstić information content (AvgIpc) is 2.62. The van der Waals surface area contributed by atoms with Crippen molar-refractivity contribution in [2.75, 3.05) is 36.5 Å². The number of likely N-dealkylation sites (N-methyl/N-ethyl adjacent to an activating group) is 2. The molecule has 0 amide bonds. The average molecular weight is 345 g/mol. The number of aryl methyl sites for hydroxylation is 1. The number of rotatable bonds is 4. The van der Waals surface area contributed by atoms with Crippen molar-refractivity contribution in [3.05, 3.63) is 45.1 Å². The zero-order valence-corrected chi connectivity index (χ0v) is 15.0. The number of aromatic nitrogens is 3. The predicted molar refractivity (Wildman–Crippen MR) is 96.7 cm³/mol. The van der Waals surface area contributed by atoms with Crippen LogP contribution in [0.15, 0.2) is 33.9 Å². The van der Waals surface area contributed by atoms with E-state index in [4.69, 9.17) is 4.74 Å². The van der Waals surface area contributed by atoms with Gasteiger partial charge in [0.05, 0.1) is 18.8 Å². The third kappa shape index (κ3) is 3.11. The van der Waals surface area contributed by atoms with Gasteiger partial charge in [-0.25, -0.2) is 9.48 Å². The highest BCUT2D eigenvalue weighted by atomic mass is 16.5. The van der Waals surface area contributed by atoms with E-state index in [0.717, 1.165) is 29.1 Å². The lowest BCUT2D eigenvalue weighted by atomic mass is 10.2. The highest BCUT2D eigenvalue weighted by Crippen LogP contribution is 2.32. The minimum atomic E-state index is -0.442. The Kier molecular flexibility index (Phi) is 4.52. The summed E-state index contributed by atoms with van der Waals surface area (Å²) in [6.45, 7) is 4.20. The van der Waals surface area contributed by atoms with Gasteiger partial charge < -0.3 is 14.5 Å². The molecule has 0 spiro atoms. The molecule has 1 atom stereocenters. The van der Waals surface area contributed by atoms with Crippen molar-refractivity contribution in [3.8, 4) is 5.75 Å². The molecule has 1 aromatic carbocycles. The molecule has 0 aliphatic carbocycles. The number of benzene rings is 1. The van der Waals surface area contributed by atoms with Gasteiger partial charge in [-0.1, -0.05) is 12.1 Å². The highest BCUT2D eigenvalue weighted by molar-refractivity contribution is 5.60. The van der Waals surface area contributed by atoms with Crippen LogP contribution in [0.4, 0.5) is 11.5 Å². The molecule has 2 heterocycles. The molecule has 8 nitrogen and oxygen atoms in total. The summed E-state index contributed by atoms with van der Waals surface area (Å²) in [5, 5.41) is 4.11. The molecule has 3 rings (SSSR count). The van der Waals surface area contributed by atoms with Crippen molar-refractivity contribution in [2.45, 2.75) is 13.0 Å². The minimum absolute atomic E-state index is 0.108. The van der Waals surface area contributed by atoms with Crippen molar-refractivity contribution in [1.29, 1.82) is 0 Å². The molecule has 0 unspecified atom stereocenters. The molecule has 0 N–H and O–H groups in total. The summed E-state index contributed by atoms with van der Waals surface area (Å²) in [4.78, 5) is 28.1. The van der Waals surface area contributed by atoms with Crippen LogP contribution in [0.3, 0.4) is 0 Å². The maximum atomic E-state index is 12.3. The van der Waals surface area contributed by atoms with Gasteiger partial charge in [0.1, 0.15) is 11.9 Å². The first-order valence-electron chi connectivity index (χ1n) is 8.28. The monoisotopic (exact) mass is 345 g/mol. The first kappa shape index (κ1) is 17.1. The number of anilines is 2. The molecular weight excluding hydrogens is 322 g/mol. The van der Waals surface area contributed by atoms with Crippen molar-refractivity contribution in [1.82, 2.24) is 14.3 Å². The molecular formula is C17H23N5O3. The SMILES string of the molecule is CCN1C[C@H](CN(C)c2nn(C)c(=O)n(C)c2=O)Oc2ccccc21. The molecule has 1 aliphatic heterocycles. The van der Waals surface area contributed by atoms with Crippen LogP contribution in [0, 0.1) is 0 Å². The van der Waals surface area contributed by atoms with Crippen LogP contribution in [0.5, 0.6) is 5.75 Å². The van der Waals surface area contributed by atoms with E-state index in [1.54, 1.807) is 11.9 Å². The van der Waals surface area contributed by atoms with Crippen LogP contribution in [0.2, 0.25) is 0 Å². The summed E-state index contributed by atoms with van der Waals surface area (Å²) in [5.41, 5.74) is 0.233. The van der Waals surface area contributed by atoms with E-state index in [1.807, 2.05) is 24.3 Å². The first-order chi connectivity index (χ1) is 11.9. The Morgan fingerprint density at radius 2 is 2.00 bits per heavy atom. The Hall–Kier alpha value is -2.77. The largest absolute Gasteiger partial charge is 0.485 e. The summed E-state index contributed by atoms with van der Waals surface area (Å²) >= 11 is 0. The summed E-state index contributed by atoms with van der Waals surface area (Å²) in [6.07, 6.45) is -0.108.